The summed E-state index contributed by atoms with van der Waals surface area (Å²) >= 11 is 3.38. The molecular weight excluding hydrogens is 272 g/mol. The molecule has 0 aliphatic heterocycles. The van der Waals surface area contributed by atoms with E-state index >= 15 is 0 Å². The maximum atomic E-state index is 11.4. The number of ether oxygens (including phenoxy) is 1. The SMILES string of the molecule is COC(=O)C(N)c1c[nH]c2ccc(Br)cc12. The van der Waals surface area contributed by atoms with Crippen LogP contribution in [0, 0.1) is 0 Å². The Morgan fingerprint density at radius 3 is 3.00 bits per heavy atom. The van der Waals surface area contributed by atoms with Gasteiger partial charge in [-0.1, -0.05) is 15.9 Å². The van der Waals surface area contributed by atoms with Gasteiger partial charge in [0.15, 0.2) is 0 Å². The minimum Gasteiger partial charge on any atom is -0.468 e. The fourth-order valence-electron chi connectivity index (χ4n) is 1.63. The fraction of sp³-hybridized carbons (Fsp3) is 0.182. The molecule has 2 rings (SSSR count). The van der Waals surface area contributed by atoms with Gasteiger partial charge in [0, 0.05) is 27.1 Å². The molecule has 16 heavy (non-hydrogen) atoms. The molecule has 4 nitrogen and oxygen atoms in total. The number of nitrogens with one attached hydrogen (secondary N) is 1. The maximum absolute atomic E-state index is 11.4. The molecule has 1 heterocycles. The topological polar surface area (TPSA) is 68.1 Å². The van der Waals surface area contributed by atoms with Gasteiger partial charge < -0.3 is 15.5 Å². The number of halogens is 1. The molecule has 0 aliphatic rings. The van der Waals surface area contributed by atoms with E-state index in [9.17, 15) is 4.79 Å². The van der Waals surface area contributed by atoms with Crippen LogP contribution in [-0.4, -0.2) is 18.1 Å². The summed E-state index contributed by atoms with van der Waals surface area (Å²) in [7, 11) is 1.33. The van der Waals surface area contributed by atoms with Crippen molar-refractivity contribution in [2.45, 2.75) is 6.04 Å². The highest BCUT2D eigenvalue weighted by Crippen LogP contribution is 2.26. The van der Waals surface area contributed by atoms with Crippen molar-refractivity contribution in [3.63, 3.8) is 0 Å². The van der Waals surface area contributed by atoms with Crippen LogP contribution in [0.4, 0.5) is 0 Å². The van der Waals surface area contributed by atoms with Crippen LogP contribution in [0.1, 0.15) is 11.6 Å². The molecule has 1 aromatic carbocycles. The Morgan fingerprint density at radius 2 is 2.31 bits per heavy atom. The van der Waals surface area contributed by atoms with Crippen molar-refractivity contribution in [3.05, 3.63) is 34.4 Å². The summed E-state index contributed by atoms with van der Waals surface area (Å²) in [6, 6.07) is 5.01. The molecule has 84 valence electrons. The van der Waals surface area contributed by atoms with Gasteiger partial charge in [-0.25, -0.2) is 0 Å². The minimum atomic E-state index is -0.756. The van der Waals surface area contributed by atoms with Gasteiger partial charge in [0.25, 0.3) is 0 Å². The zero-order valence-electron chi connectivity index (χ0n) is 8.66. The van der Waals surface area contributed by atoms with Gasteiger partial charge in [-0.2, -0.15) is 0 Å². The van der Waals surface area contributed by atoms with Crippen molar-refractivity contribution in [1.82, 2.24) is 4.98 Å². The summed E-state index contributed by atoms with van der Waals surface area (Å²) in [5.41, 5.74) is 7.48. The van der Waals surface area contributed by atoms with E-state index in [0.29, 0.717) is 0 Å². The Bertz CT molecular complexity index is 536. The minimum absolute atomic E-state index is 0.444. The van der Waals surface area contributed by atoms with Crippen LogP contribution in [0.5, 0.6) is 0 Å². The Hall–Kier alpha value is -1.33. The largest absolute Gasteiger partial charge is 0.468 e. The first kappa shape index (κ1) is 11.2. The maximum Gasteiger partial charge on any atom is 0.327 e. The number of H-pyrrole nitrogens is 1. The molecule has 0 aliphatic carbocycles. The number of rotatable bonds is 2. The fourth-order valence-corrected chi connectivity index (χ4v) is 1.99. The molecule has 1 atom stereocenters. The number of aromatic nitrogens is 1. The van der Waals surface area contributed by atoms with Crippen LogP contribution < -0.4 is 5.73 Å². The number of carbonyl (C=O) groups excluding carboxylic acids is 1. The van der Waals surface area contributed by atoms with Gasteiger partial charge in [0.1, 0.15) is 6.04 Å². The van der Waals surface area contributed by atoms with Gasteiger partial charge in [-0.3, -0.25) is 4.79 Å². The molecule has 0 spiro atoms. The highest BCUT2D eigenvalue weighted by Gasteiger charge is 2.19. The molecule has 0 amide bonds. The number of hydrogen-bond donors (Lipinski definition) is 2. The van der Waals surface area contributed by atoms with Crippen molar-refractivity contribution >= 4 is 32.8 Å². The molecule has 0 fully saturated rings. The molecule has 3 N–H and O–H groups in total. The lowest BCUT2D eigenvalue weighted by atomic mass is 10.1. The van der Waals surface area contributed by atoms with Crippen LogP contribution in [0.3, 0.4) is 0 Å². The summed E-state index contributed by atoms with van der Waals surface area (Å²) in [5, 5.41) is 0.923. The van der Waals surface area contributed by atoms with E-state index in [1.54, 1.807) is 6.20 Å². The van der Waals surface area contributed by atoms with Crippen LogP contribution in [0.15, 0.2) is 28.9 Å². The third-order valence-electron chi connectivity index (χ3n) is 2.47. The van der Waals surface area contributed by atoms with Gasteiger partial charge in [0.05, 0.1) is 7.11 Å². The highest BCUT2D eigenvalue weighted by molar-refractivity contribution is 9.10. The monoisotopic (exact) mass is 282 g/mol. The van der Waals surface area contributed by atoms with E-state index < -0.39 is 12.0 Å². The highest BCUT2D eigenvalue weighted by atomic mass is 79.9. The third-order valence-corrected chi connectivity index (χ3v) is 2.96. The third kappa shape index (κ3) is 1.83. The number of benzene rings is 1. The number of nitrogens with two attached hydrogens (primary N) is 1. The average molecular weight is 283 g/mol. The predicted octanol–water partition coefficient (Wildman–Crippen LogP) is 2.10. The smallest absolute Gasteiger partial charge is 0.327 e. The summed E-state index contributed by atoms with van der Waals surface area (Å²) < 4.78 is 5.57. The quantitative estimate of drug-likeness (QED) is 0.829. The summed E-state index contributed by atoms with van der Waals surface area (Å²) in [4.78, 5) is 14.4. The van der Waals surface area contributed by atoms with Gasteiger partial charge in [-0.15, -0.1) is 0 Å². The van der Waals surface area contributed by atoms with E-state index in [2.05, 4.69) is 25.7 Å². The van der Waals surface area contributed by atoms with Crippen LogP contribution >= 0.6 is 15.9 Å². The van der Waals surface area contributed by atoms with E-state index in [-0.39, 0.29) is 0 Å². The van der Waals surface area contributed by atoms with Crippen molar-refractivity contribution in [1.29, 1.82) is 0 Å². The lowest BCUT2D eigenvalue weighted by Gasteiger charge is -2.07. The Morgan fingerprint density at radius 1 is 1.56 bits per heavy atom. The van der Waals surface area contributed by atoms with Crippen LogP contribution in [0.25, 0.3) is 10.9 Å². The van der Waals surface area contributed by atoms with Gasteiger partial charge in [-0.05, 0) is 18.2 Å². The van der Waals surface area contributed by atoms with Gasteiger partial charge in [0.2, 0.25) is 0 Å². The predicted molar refractivity (Wildman–Crippen MR) is 64.9 cm³/mol. The first-order valence-corrected chi connectivity index (χ1v) is 5.52. The molecule has 5 heteroatoms. The normalized spacial score (nSPS) is 12.7. The van der Waals surface area contributed by atoms with Crippen molar-refractivity contribution in [2.24, 2.45) is 5.73 Å². The molecule has 0 saturated heterocycles. The van der Waals surface area contributed by atoms with E-state index in [0.717, 1.165) is 20.9 Å². The lowest BCUT2D eigenvalue weighted by Crippen LogP contribution is -2.22. The molecule has 0 bridgehead atoms. The number of aromatic amines is 1. The standard InChI is InChI=1S/C11H11BrN2O2/c1-16-11(15)10(13)8-5-14-9-3-2-6(12)4-7(8)9/h2-5,10,14H,13H2,1H3. The summed E-state index contributed by atoms with van der Waals surface area (Å²) in [5.74, 6) is -0.444. The Kier molecular flexibility index (Phi) is 2.98. The molecule has 1 unspecified atom stereocenters. The van der Waals surface area contributed by atoms with Crippen molar-refractivity contribution in [2.75, 3.05) is 7.11 Å². The summed E-state index contributed by atoms with van der Waals surface area (Å²) in [6.07, 6.45) is 1.73. The van der Waals surface area contributed by atoms with Gasteiger partial charge >= 0.3 is 5.97 Å². The number of esters is 1. The molecule has 0 saturated carbocycles. The Labute approximate surface area is 101 Å². The van der Waals surface area contributed by atoms with Crippen molar-refractivity contribution in [3.8, 4) is 0 Å². The van der Waals surface area contributed by atoms with E-state index in [1.165, 1.54) is 7.11 Å². The number of carbonyl (C=O) groups is 1. The second-order valence-electron chi connectivity index (χ2n) is 3.43. The van der Waals surface area contributed by atoms with E-state index in [4.69, 9.17) is 5.73 Å². The van der Waals surface area contributed by atoms with E-state index in [1.807, 2.05) is 18.2 Å². The first-order chi connectivity index (χ1) is 7.63. The molecule has 1 aromatic heterocycles. The molecular formula is C11H11BrN2O2. The zero-order valence-corrected chi connectivity index (χ0v) is 10.2. The Balaban J connectivity index is 2.52. The second-order valence-corrected chi connectivity index (χ2v) is 4.35. The number of fused-ring (bicyclic) bond motifs is 1. The average Bonchev–Trinajstić information content (AvgIpc) is 2.69. The molecule has 2 aromatic rings. The summed E-state index contributed by atoms with van der Waals surface area (Å²) in [6.45, 7) is 0. The van der Waals surface area contributed by atoms with Crippen LogP contribution in [-0.2, 0) is 9.53 Å². The molecule has 0 radical (unpaired) electrons. The first-order valence-electron chi connectivity index (χ1n) is 4.73. The number of hydrogen-bond acceptors (Lipinski definition) is 3. The zero-order chi connectivity index (χ0) is 11.7. The van der Waals surface area contributed by atoms with Crippen molar-refractivity contribution < 1.29 is 9.53 Å². The number of methoxy groups -OCH3 is 1. The second kappa shape index (κ2) is 4.27. The lowest BCUT2D eigenvalue weighted by molar-refractivity contribution is -0.142. The van der Waals surface area contributed by atoms with Crippen LogP contribution in [0.2, 0.25) is 0 Å².